The molecule has 4 amide bonds. The second-order valence-corrected chi connectivity index (χ2v) is 11.8. The number of hydrogen-bond donors (Lipinski definition) is 1. The molecule has 0 saturated carbocycles. The molecule has 0 bridgehead atoms. The van der Waals surface area contributed by atoms with Crippen molar-refractivity contribution < 1.29 is 14.4 Å². The van der Waals surface area contributed by atoms with Crippen molar-refractivity contribution in [3.05, 3.63) is 97.2 Å². The molecule has 2 aliphatic carbocycles. The first-order valence-corrected chi connectivity index (χ1v) is 12.6. The van der Waals surface area contributed by atoms with Crippen LogP contribution < -0.4 is 5.32 Å². The highest BCUT2D eigenvalue weighted by Crippen LogP contribution is 2.58. The molecule has 0 spiro atoms. The number of fused-ring (bicyclic) bond motifs is 4. The first kappa shape index (κ1) is 22.0. The molecule has 6 rings (SSSR count). The molecule has 1 atom stereocenters. The summed E-state index contributed by atoms with van der Waals surface area (Å²) in [6, 6.07) is 16.8. The van der Waals surface area contributed by atoms with Crippen molar-refractivity contribution in [1.82, 2.24) is 10.2 Å². The minimum Gasteiger partial charge on any atom is -0.273 e. The maximum absolute atomic E-state index is 12.7. The Kier molecular flexibility index (Phi) is 4.41. The van der Waals surface area contributed by atoms with E-state index >= 15 is 0 Å². The zero-order valence-electron chi connectivity index (χ0n) is 20.4. The van der Waals surface area contributed by atoms with Crippen molar-refractivity contribution in [3.63, 3.8) is 0 Å². The van der Waals surface area contributed by atoms with E-state index in [9.17, 15) is 14.4 Å². The number of thiophene rings is 1. The van der Waals surface area contributed by atoms with Gasteiger partial charge in [0.05, 0.1) is 0 Å². The summed E-state index contributed by atoms with van der Waals surface area (Å²) in [5.74, 6) is -1.13. The molecule has 1 unspecified atom stereocenters. The molecular weight excluding hydrogens is 456 g/mol. The van der Waals surface area contributed by atoms with Crippen LogP contribution in [0.25, 0.3) is 6.08 Å². The van der Waals surface area contributed by atoms with Crippen molar-refractivity contribution in [2.75, 3.05) is 7.05 Å². The van der Waals surface area contributed by atoms with Crippen LogP contribution in [0.3, 0.4) is 0 Å². The Labute approximate surface area is 208 Å². The normalized spacial score (nSPS) is 22.4. The van der Waals surface area contributed by atoms with Crippen molar-refractivity contribution in [3.8, 4) is 0 Å². The van der Waals surface area contributed by atoms with E-state index in [4.69, 9.17) is 0 Å². The van der Waals surface area contributed by atoms with Gasteiger partial charge in [0.25, 0.3) is 11.8 Å². The molecule has 5 nitrogen and oxygen atoms in total. The van der Waals surface area contributed by atoms with Gasteiger partial charge in [0, 0.05) is 33.5 Å². The van der Waals surface area contributed by atoms with Gasteiger partial charge in [-0.1, -0.05) is 70.2 Å². The molecule has 2 heterocycles. The fourth-order valence-electron chi connectivity index (χ4n) is 6.09. The van der Waals surface area contributed by atoms with Crippen LogP contribution in [0.4, 0.5) is 4.79 Å². The van der Waals surface area contributed by atoms with Crippen LogP contribution in [0.1, 0.15) is 76.7 Å². The summed E-state index contributed by atoms with van der Waals surface area (Å²) in [5.41, 5.74) is 7.54. The van der Waals surface area contributed by atoms with Gasteiger partial charge in [-0.05, 0) is 45.5 Å². The van der Waals surface area contributed by atoms with Crippen LogP contribution in [0.2, 0.25) is 0 Å². The standard InChI is InChI=1S/C29H26N2O3S/c1-28(2)18-10-7-6-9-16(18)22-23-19(28)11-8-12-20(23)29(3,4)21-14-15(35-24(21)22)13-17-25(32)30-27(34)31(5)26(17)33/h6-14,22H,1-5H3,(H,30,32,34)/b17-13-. The monoisotopic (exact) mass is 482 g/mol. The summed E-state index contributed by atoms with van der Waals surface area (Å²) >= 11 is 1.63. The average molecular weight is 483 g/mol. The summed E-state index contributed by atoms with van der Waals surface area (Å²) < 4.78 is 0. The molecule has 3 aliphatic rings. The number of nitrogens with zero attached hydrogens (tertiary/aromatic N) is 1. The summed E-state index contributed by atoms with van der Waals surface area (Å²) in [6.45, 7) is 9.10. The lowest BCUT2D eigenvalue weighted by molar-refractivity contribution is -0.129. The maximum atomic E-state index is 12.7. The molecule has 1 fully saturated rings. The lowest BCUT2D eigenvalue weighted by atomic mass is 9.58. The molecule has 35 heavy (non-hydrogen) atoms. The van der Waals surface area contributed by atoms with Gasteiger partial charge in [-0.3, -0.25) is 19.8 Å². The average Bonchev–Trinajstić information content (AvgIpc) is 3.25. The Bertz CT molecular complexity index is 1510. The van der Waals surface area contributed by atoms with Gasteiger partial charge in [-0.15, -0.1) is 11.3 Å². The smallest absolute Gasteiger partial charge is 0.273 e. The van der Waals surface area contributed by atoms with Gasteiger partial charge in [0.1, 0.15) is 5.57 Å². The number of benzene rings is 2. The number of nitrogens with one attached hydrogen (secondary N) is 1. The summed E-state index contributed by atoms with van der Waals surface area (Å²) in [4.78, 5) is 40.0. The molecule has 0 radical (unpaired) electrons. The second kappa shape index (κ2) is 7.01. The number of barbiturate groups is 1. The Balaban J connectivity index is 1.59. The Morgan fingerprint density at radius 3 is 2.23 bits per heavy atom. The number of urea groups is 1. The minimum atomic E-state index is -0.701. The zero-order valence-corrected chi connectivity index (χ0v) is 21.2. The van der Waals surface area contributed by atoms with E-state index in [1.165, 1.54) is 45.3 Å². The van der Waals surface area contributed by atoms with Crippen LogP contribution in [0.5, 0.6) is 0 Å². The van der Waals surface area contributed by atoms with Gasteiger partial charge in [-0.2, -0.15) is 0 Å². The van der Waals surface area contributed by atoms with Crippen molar-refractivity contribution >= 4 is 35.3 Å². The number of amides is 4. The second-order valence-electron chi connectivity index (χ2n) is 10.6. The number of carbonyl (C=O) groups excluding carboxylic acids is 3. The lowest BCUT2D eigenvalue weighted by Gasteiger charge is -2.46. The highest BCUT2D eigenvalue weighted by Gasteiger charge is 2.47. The van der Waals surface area contributed by atoms with Gasteiger partial charge < -0.3 is 0 Å². The number of imide groups is 2. The molecule has 1 aliphatic heterocycles. The predicted octanol–water partition coefficient (Wildman–Crippen LogP) is 5.30. The van der Waals surface area contributed by atoms with E-state index in [0.717, 1.165) is 9.78 Å². The minimum absolute atomic E-state index is 0.0214. The van der Waals surface area contributed by atoms with Crippen LogP contribution in [0.15, 0.2) is 54.1 Å². The van der Waals surface area contributed by atoms with E-state index in [1.807, 2.05) is 0 Å². The van der Waals surface area contributed by atoms with E-state index in [-0.39, 0.29) is 22.3 Å². The van der Waals surface area contributed by atoms with Crippen molar-refractivity contribution in [1.29, 1.82) is 0 Å². The highest BCUT2D eigenvalue weighted by atomic mass is 32.1. The number of rotatable bonds is 1. The molecule has 176 valence electrons. The van der Waals surface area contributed by atoms with Gasteiger partial charge in [0.15, 0.2) is 0 Å². The maximum Gasteiger partial charge on any atom is 0.331 e. The summed E-state index contributed by atoms with van der Waals surface area (Å²) in [7, 11) is 1.37. The molecule has 6 heteroatoms. The van der Waals surface area contributed by atoms with E-state index < -0.39 is 17.8 Å². The third-order valence-corrected chi connectivity index (χ3v) is 9.14. The number of carbonyl (C=O) groups is 3. The van der Waals surface area contributed by atoms with Crippen LogP contribution >= 0.6 is 11.3 Å². The van der Waals surface area contributed by atoms with Gasteiger partial charge >= 0.3 is 6.03 Å². The van der Waals surface area contributed by atoms with Crippen molar-refractivity contribution in [2.24, 2.45) is 0 Å². The Morgan fingerprint density at radius 1 is 0.886 bits per heavy atom. The first-order valence-electron chi connectivity index (χ1n) is 11.8. The molecule has 1 aromatic heterocycles. The molecular formula is C29H26N2O3S. The zero-order chi connectivity index (χ0) is 24.9. The van der Waals surface area contributed by atoms with Gasteiger partial charge in [0.2, 0.25) is 0 Å². The Morgan fingerprint density at radius 2 is 1.51 bits per heavy atom. The van der Waals surface area contributed by atoms with Crippen LogP contribution in [0, 0.1) is 0 Å². The highest BCUT2D eigenvalue weighted by molar-refractivity contribution is 7.13. The van der Waals surface area contributed by atoms with E-state index in [0.29, 0.717) is 0 Å². The van der Waals surface area contributed by atoms with Crippen molar-refractivity contribution in [2.45, 2.75) is 44.4 Å². The summed E-state index contributed by atoms with van der Waals surface area (Å²) in [5, 5.41) is 2.24. The van der Waals surface area contributed by atoms with E-state index in [1.54, 1.807) is 17.4 Å². The largest absolute Gasteiger partial charge is 0.331 e. The third-order valence-electron chi connectivity index (χ3n) is 7.99. The van der Waals surface area contributed by atoms with Crippen LogP contribution in [-0.2, 0) is 20.4 Å². The third kappa shape index (κ3) is 2.83. The number of likely N-dealkylation sites (N-methyl/N-ethyl adjacent to an activating group) is 1. The predicted molar refractivity (Wildman–Crippen MR) is 137 cm³/mol. The fraction of sp³-hybridized carbons (Fsp3) is 0.276. The number of hydrogen-bond acceptors (Lipinski definition) is 4. The molecule has 1 saturated heterocycles. The van der Waals surface area contributed by atoms with Crippen LogP contribution in [-0.4, -0.2) is 29.8 Å². The quantitative estimate of drug-likeness (QED) is 0.378. The fourth-order valence-corrected chi connectivity index (χ4v) is 7.48. The topological polar surface area (TPSA) is 66.5 Å². The van der Waals surface area contributed by atoms with E-state index in [2.05, 4.69) is 81.5 Å². The summed E-state index contributed by atoms with van der Waals surface area (Å²) in [6.07, 6.45) is 1.63. The molecule has 2 aromatic carbocycles. The Hall–Kier alpha value is -3.51. The lowest BCUT2D eigenvalue weighted by Crippen LogP contribution is -2.52. The van der Waals surface area contributed by atoms with Gasteiger partial charge in [-0.25, -0.2) is 4.79 Å². The molecule has 3 aromatic rings. The first-order chi connectivity index (χ1) is 16.5. The SMILES string of the molecule is CN1C(=O)NC(=O)/C(=C/c2cc3c(s2)C2c4ccccc4C(C)(C)c4cccc(c42)C3(C)C)C1=O. The molecule has 1 N–H and O–H groups in total.